The van der Waals surface area contributed by atoms with Crippen LogP contribution in [0.4, 0.5) is 0 Å². The largest absolute Gasteiger partial charge is 0.373 e. The number of aromatic nitrogens is 2. The predicted molar refractivity (Wildman–Crippen MR) is 123 cm³/mol. The van der Waals surface area contributed by atoms with Gasteiger partial charge in [0.05, 0.1) is 29.8 Å². The zero-order valence-corrected chi connectivity index (χ0v) is 18.5. The van der Waals surface area contributed by atoms with Crippen molar-refractivity contribution >= 4 is 31.2 Å². The summed E-state index contributed by atoms with van der Waals surface area (Å²) in [5.74, 6) is 0.0255. The Hall–Kier alpha value is -2.60. The van der Waals surface area contributed by atoms with Crippen LogP contribution in [0.2, 0.25) is 0 Å². The van der Waals surface area contributed by atoms with Crippen LogP contribution in [0.5, 0.6) is 0 Å². The minimum absolute atomic E-state index is 0.0255. The van der Waals surface area contributed by atoms with E-state index in [2.05, 4.69) is 31.4 Å². The summed E-state index contributed by atoms with van der Waals surface area (Å²) in [4.78, 5) is 29.6. The van der Waals surface area contributed by atoms with Gasteiger partial charge in [-0.3, -0.25) is 14.5 Å². The molecular formula is C23H25N4O3P. The highest BCUT2D eigenvalue weighted by atomic mass is 31.0. The van der Waals surface area contributed by atoms with Crippen molar-refractivity contribution in [3.63, 3.8) is 0 Å². The highest BCUT2D eigenvalue weighted by Gasteiger charge is 2.40. The molecule has 0 saturated carbocycles. The number of likely N-dealkylation sites (tertiary alicyclic amines) is 1. The third-order valence-electron chi connectivity index (χ3n) is 6.36. The average molecular weight is 436 g/mol. The van der Waals surface area contributed by atoms with Crippen LogP contribution >= 0.6 is 9.24 Å². The molecule has 3 aromatic rings. The fourth-order valence-corrected chi connectivity index (χ4v) is 4.90. The van der Waals surface area contributed by atoms with E-state index in [1.165, 1.54) is 0 Å². The van der Waals surface area contributed by atoms with Gasteiger partial charge in [-0.15, -0.1) is 9.24 Å². The SMILES string of the molecule is CN1CCOC2CN(C(=O)c3cc(Cc4n[nH]c(=O)c5ccccc45)ccc3P)C[C@@H]21. The van der Waals surface area contributed by atoms with Crippen LogP contribution in [0.15, 0.2) is 47.3 Å². The summed E-state index contributed by atoms with van der Waals surface area (Å²) in [5, 5.41) is 9.18. The number of hydrogen-bond donors (Lipinski definition) is 1. The Morgan fingerprint density at radius 1 is 1.23 bits per heavy atom. The molecule has 1 N–H and O–H groups in total. The van der Waals surface area contributed by atoms with E-state index in [0.29, 0.717) is 37.1 Å². The molecule has 5 rings (SSSR count). The summed E-state index contributed by atoms with van der Waals surface area (Å²) in [6.07, 6.45) is 0.607. The third-order valence-corrected chi connectivity index (χ3v) is 6.86. The van der Waals surface area contributed by atoms with Crippen LogP contribution in [0.3, 0.4) is 0 Å². The molecule has 2 aliphatic rings. The standard InChI is InChI=1S/C23H25N4O3P/c1-26-8-9-30-20-13-27(12-19(20)26)23(29)17-10-14(6-7-21(17)31)11-18-15-4-2-3-5-16(15)22(28)25-24-18/h2-7,10,19-20H,8-9,11-13,31H2,1H3,(H,25,28)/t19-,20?/m0/s1. The number of aromatic amines is 1. The Morgan fingerprint density at radius 3 is 2.84 bits per heavy atom. The maximum absolute atomic E-state index is 13.4. The van der Waals surface area contributed by atoms with E-state index in [0.717, 1.165) is 28.5 Å². The van der Waals surface area contributed by atoms with Gasteiger partial charge in [0, 0.05) is 37.0 Å². The number of morpholine rings is 1. The molecule has 7 nitrogen and oxygen atoms in total. The van der Waals surface area contributed by atoms with Crippen molar-refractivity contribution in [1.29, 1.82) is 0 Å². The molecule has 3 atom stereocenters. The van der Waals surface area contributed by atoms with Crippen molar-refractivity contribution in [1.82, 2.24) is 20.0 Å². The predicted octanol–water partition coefficient (Wildman–Crippen LogP) is 1.17. The number of H-pyrrole nitrogens is 1. The molecule has 2 unspecified atom stereocenters. The van der Waals surface area contributed by atoms with E-state index >= 15 is 0 Å². The number of carbonyl (C=O) groups excluding carboxylic acids is 1. The van der Waals surface area contributed by atoms with Gasteiger partial charge in [-0.25, -0.2) is 5.10 Å². The smallest absolute Gasteiger partial charge is 0.272 e. The van der Waals surface area contributed by atoms with Crippen molar-refractivity contribution < 1.29 is 9.53 Å². The minimum atomic E-state index is -0.196. The summed E-state index contributed by atoms with van der Waals surface area (Å²) in [7, 11) is 4.77. The Labute approximate surface area is 182 Å². The van der Waals surface area contributed by atoms with Crippen LogP contribution in [0.25, 0.3) is 10.8 Å². The molecule has 0 aliphatic carbocycles. The van der Waals surface area contributed by atoms with E-state index in [9.17, 15) is 9.59 Å². The summed E-state index contributed by atoms with van der Waals surface area (Å²) in [6, 6.07) is 13.6. The van der Waals surface area contributed by atoms with Crippen molar-refractivity contribution in [2.45, 2.75) is 18.6 Å². The second-order valence-corrected chi connectivity index (χ2v) is 8.93. The molecule has 31 heavy (non-hydrogen) atoms. The van der Waals surface area contributed by atoms with Crippen LogP contribution in [-0.2, 0) is 11.2 Å². The highest BCUT2D eigenvalue weighted by molar-refractivity contribution is 7.27. The Balaban J connectivity index is 1.42. The topological polar surface area (TPSA) is 78.5 Å². The number of nitrogens with one attached hydrogen (secondary N) is 1. The first-order valence-electron chi connectivity index (χ1n) is 10.5. The highest BCUT2D eigenvalue weighted by Crippen LogP contribution is 2.24. The maximum atomic E-state index is 13.4. The van der Waals surface area contributed by atoms with E-state index in [-0.39, 0.29) is 23.6 Å². The van der Waals surface area contributed by atoms with E-state index < -0.39 is 0 Å². The average Bonchev–Trinajstić information content (AvgIpc) is 3.22. The fraction of sp³-hybridized carbons (Fsp3) is 0.348. The second-order valence-electron chi connectivity index (χ2n) is 8.31. The van der Waals surface area contributed by atoms with Gasteiger partial charge >= 0.3 is 0 Å². The monoisotopic (exact) mass is 436 g/mol. The number of ether oxygens (including phenoxy) is 1. The lowest BCUT2D eigenvalue weighted by atomic mass is 10.0. The zero-order valence-electron chi connectivity index (χ0n) is 17.4. The van der Waals surface area contributed by atoms with Crippen molar-refractivity contribution in [3.8, 4) is 0 Å². The summed E-state index contributed by atoms with van der Waals surface area (Å²) < 4.78 is 5.89. The van der Waals surface area contributed by atoms with Crippen LogP contribution < -0.4 is 10.9 Å². The summed E-state index contributed by atoms with van der Waals surface area (Å²) >= 11 is 0. The van der Waals surface area contributed by atoms with Crippen LogP contribution in [0, 0.1) is 0 Å². The first-order valence-corrected chi connectivity index (χ1v) is 11.0. The van der Waals surface area contributed by atoms with Gasteiger partial charge in [0.25, 0.3) is 11.5 Å². The van der Waals surface area contributed by atoms with E-state index in [1.807, 2.05) is 41.3 Å². The number of likely N-dealkylation sites (N-methyl/N-ethyl adjacent to an activating group) is 1. The quantitative estimate of drug-likeness (QED) is 0.624. The van der Waals surface area contributed by atoms with Gasteiger partial charge in [-0.2, -0.15) is 5.10 Å². The molecule has 2 aromatic carbocycles. The molecule has 160 valence electrons. The number of hydrogen-bond acceptors (Lipinski definition) is 5. The second kappa shape index (κ2) is 8.15. The van der Waals surface area contributed by atoms with E-state index in [4.69, 9.17) is 4.74 Å². The molecule has 8 heteroatoms. The van der Waals surface area contributed by atoms with E-state index in [1.54, 1.807) is 6.07 Å². The molecular weight excluding hydrogens is 411 g/mol. The van der Waals surface area contributed by atoms with Crippen LogP contribution in [0.1, 0.15) is 21.6 Å². The van der Waals surface area contributed by atoms with Gasteiger partial charge < -0.3 is 9.64 Å². The molecule has 0 radical (unpaired) electrons. The number of nitrogens with zero attached hydrogens (tertiary/aromatic N) is 3. The molecule has 0 spiro atoms. The Bertz CT molecular complexity index is 1210. The molecule has 2 fully saturated rings. The summed E-state index contributed by atoms with van der Waals surface area (Å²) in [5.41, 5.74) is 2.24. The lowest BCUT2D eigenvalue weighted by Gasteiger charge is -2.33. The first-order chi connectivity index (χ1) is 15.0. The minimum Gasteiger partial charge on any atom is -0.373 e. The van der Waals surface area contributed by atoms with Gasteiger partial charge in [0.15, 0.2) is 0 Å². The molecule has 1 amide bonds. The third kappa shape index (κ3) is 3.78. The van der Waals surface area contributed by atoms with Gasteiger partial charge in [-0.05, 0) is 30.0 Å². The molecule has 3 heterocycles. The number of benzene rings is 2. The lowest BCUT2D eigenvalue weighted by Crippen LogP contribution is -2.48. The number of rotatable bonds is 3. The number of fused-ring (bicyclic) bond motifs is 2. The van der Waals surface area contributed by atoms with Gasteiger partial charge in [0.1, 0.15) is 0 Å². The fourth-order valence-electron chi connectivity index (χ4n) is 4.59. The lowest BCUT2D eigenvalue weighted by molar-refractivity contribution is -0.0368. The molecule has 2 saturated heterocycles. The molecule has 1 aromatic heterocycles. The van der Waals surface area contributed by atoms with Crippen molar-refractivity contribution in [2.75, 3.05) is 33.3 Å². The van der Waals surface area contributed by atoms with Gasteiger partial charge in [0.2, 0.25) is 0 Å². The first kappa shape index (κ1) is 20.3. The van der Waals surface area contributed by atoms with Gasteiger partial charge in [-0.1, -0.05) is 30.3 Å². The van der Waals surface area contributed by atoms with Crippen molar-refractivity contribution in [3.05, 3.63) is 69.6 Å². The molecule has 0 bridgehead atoms. The Kier molecular flexibility index (Phi) is 5.34. The molecule has 2 aliphatic heterocycles. The normalized spacial score (nSPS) is 21.4. The number of carbonyl (C=O) groups is 1. The maximum Gasteiger partial charge on any atom is 0.272 e. The zero-order chi connectivity index (χ0) is 21.5. The van der Waals surface area contributed by atoms with Crippen LogP contribution in [-0.4, -0.2) is 71.3 Å². The Morgan fingerprint density at radius 2 is 2.03 bits per heavy atom. The number of amides is 1. The van der Waals surface area contributed by atoms with Crippen molar-refractivity contribution in [2.24, 2.45) is 0 Å². The summed E-state index contributed by atoms with van der Waals surface area (Å²) in [6.45, 7) is 2.91.